The third-order valence-corrected chi connectivity index (χ3v) is 3.85. The van der Waals surface area contributed by atoms with E-state index >= 15 is 0 Å². The molecule has 2 aromatic rings. The maximum atomic E-state index is 12.4. The second-order valence-electron chi connectivity index (χ2n) is 4.62. The second kappa shape index (κ2) is 8.15. The molecule has 1 amide bonds. The van der Waals surface area contributed by atoms with E-state index in [0.717, 1.165) is 0 Å². The van der Waals surface area contributed by atoms with E-state index in [1.807, 2.05) is 0 Å². The van der Waals surface area contributed by atoms with Crippen LogP contribution in [0.3, 0.4) is 0 Å². The molecule has 1 aromatic heterocycles. The van der Waals surface area contributed by atoms with Crippen molar-refractivity contribution in [2.24, 2.45) is 7.05 Å². The Balaban J connectivity index is 2.04. The standard InChI is InChI=1S/C14H13BrF2N4O2S/c1-21-11(19-20-14(21)24)7-18-12(22)5-2-8-6-9(15)3-4-10(8)23-13(16)17/h2-6,13H,7H2,1H3,(H,18,22)(H,20,24)/b5-2+. The highest BCUT2D eigenvalue weighted by Gasteiger charge is 2.09. The summed E-state index contributed by atoms with van der Waals surface area (Å²) in [5, 5.41) is 9.19. The fourth-order valence-corrected chi connectivity index (χ4v) is 2.31. The number of carbonyl (C=O) groups is 1. The molecule has 0 aliphatic heterocycles. The fourth-order valence-electron chi connectivity index (χ4n) is 1.78. The molecule has 0 atom stereocenters. The van der Waals surface area contributed by atoms with Crippen LogP contribution in [0.5, 0.6) is 5.75 Å². The number of nitrogens with zero attached hydrogens (tertiary/aromatic N) is 2. The Morgan fingerprint density at radius 1 is 1.58 bits per heavy atom. The predicted molar refractivity (Wildman–Crippen MR) is 90.0 cm³/mol. The third-order valence-electron chi connectivity index (χ3n) is 3.00. The number of rotatable bonds is 6. The molecule has 0 fully saturated rings. The van der Waals surface area contributed by atoms with Gasteiger partial charge in [-0.2, -0.15) is 13.9 Å². The first-order valence-electron chi connectivity index (χ1n) is 6.67. The zero-order valence-corrected chi connectivity index (χ0v) is 14.8. The Morgan fingerprint density at radius 3 is 2.96 bits per heavy atom. The molecule has 0 spiro atoms. The number of halogens is 3. The highest BCUT2D eigenvalue weighted by Crippen LogP contribution is 2.25. The lowest BCUT2D eigenvalue weighted by atomic mass is 10.2. The molecule has 0 aliphatic rings. The van der Waals surface area contributed by atoms with E-state index < -0.39 is 12.5 Å². The number of alkyl halides is 2. The van der Waals surface area contributed by atoms with Crippen LogP contribution in [0.1, 0.15) is 11.4 Å². The number of ether oxygens (including phenoxy) is 1. The van der Waals surface area contributed by atoms with Crippen LogP contribution < -0.4 is 10.1 Å². The Hall–Kier alpha value is -2.07. The normalized spacial score (nSPS) is 11.2. The van der Waals surface area contributed by atoms with Crippen molar-refractivity contribution in [2.75, 3.05) is 0 Å². The lowest BCUT2D eigenvalue weighted by molar-refractivity contribution is -0.116. The molecule has 0 unspecified atom stereocenters. The second-order valence-corrected chi connectivity index (χ2v) is 5.92. The predicted octanol–water partition coefficient (Wildman–Crippen LogP) is 3.17. The zero-order chi connectivity index (χ0) is 17.7. The summed E-state index contributed by atoms with van der Waals surface area (Å²) in [5.41, 5.74) is 0.345. The summed E-state index contributed by atoms with van der Waals surface area (Å²) in [4.78, 5) is 11.9. The lowest BCUT2D eigenvalue weighted by Crippen LogP contribution is -2.22. The summed E-state index contributed by atoms with van der Waals surface area (Å²) in [6, 6.07) is 4.53. The van der Waals surface area contributed by atoms with Crippen LogP contribution in [-0.2, 0) is 18.4 Å². The van der Waals surface area contributed by atoms with Gasteiger partial charge in [0, 0.05) is 23.2 Å². The van der Waals surface area contributed by atoms with Gasteiger partial charge in [-0.3, -0.25) is 9.89 Å². The van der Waals surface area contributed by atoms with Gasteiger partial charge < -0.3 is 14.6 Å². The van der Waals surface area contributed by atoms with Crippen molar-refractivity contribution in [2.45, 2.75) is 13.2 Å². The number of carbonyl (C=O) groups excluding carboxylic acids is 1. The number of benzene rings is 1. The molecule has 24 heavy (non-hydrogen) atoms. The molecule has 6 nitrogen and oxygen atoms in total. The maximum Gasteiger partial charge on any atom is 0.387 e. The monoisotopic (exact) mass is 418 g/mol. The molecule has 0 bridgehead atoms. The quantitative estimate of drug-likeness (QED) is 0.558. The molecular formula is C14H13BrF2N4O2S. The van der Waals surface area contributed by atoms with Crippen LogP contribution in [0.25, 0.3) is 6.08 Å². The highest BCUT2D eigenvalue weighted by atomic mass is 79.9. The molecule has 0 radical (unpaired) electrons. The van der Waals surface area contributed by atoms with E-state index in [0.29, 0.717) is 20.6 Å². The number of nitrogens with one attached hydrogen (secondary N) is 2. The molecule has 0 saturated carbocycles. The van der Waals surface area contributed by atoms with Gasteiger partial charge in [-0.15, -0.1) is 0 Å². The van der Waals surface area contributed by atoms with Crippen LogP contribution in [-0.4, -0.2) is 27.3 Å². The Bertz CT molecular complexity index is 819. The van der Waals surface area contributed by atoms with E-state index in [-0.39, 0.29) is 12.3 Å². The molecule has 2 rings (SSSR count). The van der Waals surface area contributed by atoms with Gasteiger partial charge in [-0.1, -0.05) is 15.9 Å². The molecule has 1 heterocycles. The molecule has 10 heteroatoms. The van der Waals surface area contributed by atoms with Gasteiger partial charge in [0.1, 0.15) is 5.75 Å². The summed E-state index contributed by atoms with van der Waals surface area (Å²) in [5.74, 6) is 0.129. The fraction of sp³-hybridized carbons (Fsp3) is 0.214. The summed E-state index contributed by atoms with van der Waals surface area (Å²) < 4.78 is 31.9. The molecule has 0 aliphatic carbocycles. The van der Waals surface area contributed by atoms with Crippen molar-refractivity contribution in [3.05, 3.63) is 44.9 Å². The van der Waals surface area contributed by atoms with Crippen molar-refractivity contribution in [1.29, 1.82) is 0 Å². The van der Waals surface area contributed by atoms with Crippen LogP contribution in [0.15, 0.2) is 28.7 Å². The van der Waals surface area contributed by atoms with Gasteiger partial charge in [0.15, 0.2) is 10.6 Å². The van der Waals surface area contributed by atoms with E-state index in [1.54, 1.807) is 23.7 Å². The Labute approximate surface area is 149 Å². The zero-order valence-electron chi connectivity index (χ0n) is 12.4. The minimum Gasteiger partial charge on any atom is -0.434 e. The largest absolute Gasteiger partial charge is 0.434 e. The van der Waals surface area contributed by atoms with Crippen LogP contribution >= 0.6 is 28.1 Å². The smallest absolute Gasteiger partial charge is 0.387 e. The number of aromatic amines is 1. The van der Waals surface area contributed by atoms with Crippen molar-refractivity contribution in [1.82, 2.24) is 20.1 Å². The van der Waals surface area contributed by atoms with Crippen LogP contribution in [0.2, 0.25) is 0 Å². The summed E-state index contributed by atoms with van der Waals surface area (Å²) in [7, 11) is 1.72. The average Bonchev–Trinajstić information content (AvgIpc) is 2.84. The van der Waals surface area contributed by atoms with Gasteiger partial charge in [0.2, 0.25) is 5.91 Å². The molecular weight excluding hydrogens is 406 g/mol. The van der Waals surface area contributed by atoms with Gasteiger partial charge in [-0.25, -0.2) is 0 Å². The van der Waals surface area contributed by atoms with Gasteiger partial charge in [0.25, 0.3) is 0 Å². The van der Waals surface area contributed by atoms with Crippen LogP contribution in [0, 0.1) is 4.77 Å². The Kier molecular flexibility index (Phi) is 6.21. The topological polar surface area (TPSA) is 71.9 Å². The highest BCUT2D eigenvalue weighted by molar-refractivity contribution is 9.10. The van der Waals surface area contributed by atoms with Gasteiger partial charge in [0.05, 0.1) is 6.54 Å². The summed E-state index contributed by atoms with van der Waals surface area (Å²) in [6.45, 7) is -2.77. The summed E-state index contributed by atoms with van der Waals surface area (Å²) in [6.07, 6.45) is 2.61. The van der Waals surface area contributed by atoms with Crippen molar-refractivity contribution in [3.8, 4) is 5.75 Å². The molecule has 128 valence electrons. The number of amides is 1. The van der Waals surface area contributed by atoms with Gasteiger partial charge >= 0.3 is 6.61 Å². The minimum atomic E-state index is -2.94. The molecule has 1 aromatic carbocycles. The maximum absolute atomic E-state index is 12.4. The van der Waals surface area contributed by atoms with E-state index in [9.17, 15) is 13.6 Å². The number of aromatic nitrogens is 3. The first-order chi connectivity index (χ1) is 11.4. The van der Waals surface area contributed by atoms with Gasteiger partial charge in [-0.05, 0) is 36.5 Å². The summed E-state index contributed by atoms with van der Waals surface area (Å²) >= 11 is 8.21. The van der Waals surface area contributed by atoms with E-state index in [2.05, 4.69) is 36.2 Å². The van der Waals surface area contributed by atoms with Crippen LogP contribution in [0.4, 0.5) is 8.78 Å². The minimum absolute atomic E-state index is 0.0216. The SMILES string of the molecule is Cn1c(CNC(=O)/C=C/c2cc(Br)ccc2OC(F)F)n[nH]c1=S. The van der Waals surface area contributed by atoms with E-state index in [4.69, 9.17) is 12.2 Å². The first kappa shape index (κ1) is 18.3. The van der Waals surface area contributed by atoms with Crippen molar-refractivity contribution in [3.63, 3.8) is 0 Å². The molecule has 0 saturated heterocycles. The number of H-pyrrole nitrogens is 1. The number of hydrogen-bond acceptors (Lipinski definition) is 4. The third kappa shape index (κ3) is 4.96. The molecule has 2 N–H and O–H groups in total. The van der Waals surface area contributed by atoms with Crippen molar-refractivity contribution < 1.29 is 18.3 Å². The first-order valence-corrected chi connectivity index (χ1v) is 7.87. The lowest BCUT2D eigenvalue weighted by Gasteiger charge is -2.08. The Morgan fingerprint density at radius 2 is 2.33 bits per heavy atom. The van der Waals surface area contributed by atoms with E-state index in [1.165, 1.54) is 18.2 Å². The number of hydrogen-bond donors (Lipinski definition) is 2. The van der Waals surface area contributed by atoms with Crippen molar-refractivity contribution >= 4 is 40.1 Å². The average molecular weight is 419 g/mol.